The Bertz CT molecular complexity index is 282. The van der Waals surface area contributed by atoms with Crippen molar-refractivity contribution in [3.05, 3.63) is 0 Å². The average molecular weight is 316 g/mol. The molecule has 2 unspecified atom stereocenters. The number of alkyl halides is 1. The Balaban J connectivity index is 1.96. The molecule has 21 heavy (non-hydrogen) atoms. The Kier molecular flexibility index (Phi) is 10.2. The van der Waals surface area contributed by atoms with Gasteiger partial charge in [0.15, 0.2) is 0 Å². The Morgan fingerprint density at radius 3 is 2.19 bits per heavy atom. The van der Waals surface area contributed by atoms with Crippen molar-refractivity contribution in [2.45, 2.75) is 89.9 Å². The first kappa shape index (κ1) is 18.8. The zero-order valence-electron chi connectivity index (χ0n) is 14.1. The van der Waals surface area contributed by atoms with Gasteiger partial charge in [0.1, 0.15) is 0 Å². The van der Waals surface area contributed by atoms with Crippen molar-refractivity contribution < 1.29 is 4.79 Å². The van der Waals surface area contributed by atoms with Crippen molar-refractivity contribution in [1.29, 1.82) is 0 Å². The first-order valence-electron chi connectivity index (χ1n) is 9.07. The minimum Gasteiger partial charge on any atom is -0.341 e. The molecule has 1 saturated heterocycles. The molecule has 0 aromatic carbocycles. The fourth-order valence-corrected chi connectivity index (χ4v) is 3.29. The highest BCUT2D eigenvalue weighted by atomic mass is 35.5. The lowest BCUT2D eigenvalue weighted by atomic mass is 9.98. The summed E-state index contributed by atoms with van der Waals surface area (Å²) in [6.07, 6.45) is 13.5. The molecular formula is C18H34ClNO. The Labute approximate surface area is 136 Å². The van der Waals surface area contributed by atoms with Crippen LogP contribution in [-0.4, -0.2) is 29.3 Å². The summed E-state index contributed by atoms with van der Waals surface area (Å²) in [5.41, 5.74) is 0. The second-order valence-electron chi connectivity index (χ2n) is 6.70. The van der Waals surface area contributed by atoms with E-state index in [1.807, 2.05) is 4.90 Å². The smallest absolute Gasteiger partial charge is 0.222 e. The molecule has 1 aliphatic rings. The van der Waals surface area contributed by atoms with Gasteiger partial charge >= 0.3 is 0 Å². The Morgan fingerprint density at radius 2 is 1.62 bits per heavy atom. The van der Waals surface area contributed by atoms with Gasteiger partial charge in [0.2, 0.25) is 5.91 Å². The van der Waals surface area contributed by atoms with Crippen LogP contribution in [0.2, 0.25) is 0 Å². The standard InChI is InChI=1S/C18H34ClNO/c1-3-4-5-6-7-8-9-10-11-12-18(21)20-14-13-16(2)17(19)15-20/h16-17H,3-15H2,1-2H3. The molecule has 1 rings (SSSR count). The SMILES string of the molecule is CCCCCCCCCCCC(=O)N1CCC(C)C(Cl)C1. The van der Waals surface area contributed by atoms with Crippen LogP contribution in [0.15, 0.2) is 0 Å². The van der Waals surface area contributed by atoms with Crippen LogP contribution in [0.5, 0.6) is 0 Å². The molecule has 1 fully saturated rings. The summed E-state index contributed by atoms with van der Waals surface area (Å²) in [6, 6.07) is 0. The highest BCUT2D eigenvalue weighted by Gasteiger charge is 2.26. The minimum atomic E-state index is 0.144. The van der Waals surface area contributed by atoms with Crippen molar-refractivity contribution in [2.75, 3.05) is 13.1 Å². The van der Waals surface area contributed by atoms with Gasteiger partial charge in [-0.15, -0.1) is 11.6 Å². The molecule has 2 atom stereocenters. The zero-order valence-corrected chi connectivity index (χ0v) is 14.8. The Hall–Kier alpha value is -0.240. The van der Waals surface area contributed by atoms with Crippen molar-refractivity contribution in [1.82, 2.24) is 4.90 Å². The topological polar surface area (TPSA) is 20.3 Å². The van der Waals surface area contributed by atoms with Gasteiger partial charge in [-0.1, -0.05) is 65.2 Å². The molecule has 0 radical (unpaired) electrons. The third-order valence-electron chi connectivity index (χ3n) is 4.71. The molecule has 1 amide bonds. The van der Waals surface area contributed by atoms with E-state index in [0.29, 0.717) is 18.2 Å². The molecule has 1 heterocycles. The quantitative estimate of drug-likeness (QED) is 0.391. The van der Waals surface area contributed by atoms with Crippen LogP contribution in [0, 0.1) is 5.92 Å². The fourth-order valence-electron chi connectivity index (χ4n) is 2.99. The summed E-state index contributed by atoms with van der Waals surface area (Å²) in [7, 11) is 0. The van der Waals surface area contributed by atoms with E-state index in [-0.39, 0.29) is 5.38 Å². The van der Waals surface area contributed by atoms with Crippen molar-refractivity contribution >= 4 is 17.5 Å². The van der Waals surface area contributed by atoms with Crippen molar-refractivity contribution in [2.24, 2.45) is 5.92 Å². The largest absolute Gasteiger partial charge is 0.341 e. The minimum absolute atomic E-state index is 0.144. The van der Waals surface area contributed by atoms with Gasteiger partial charge in [-0.25, -0.2) is 0 Å². The first-order chi connectivity index (χ1) is 10.1. The molecule has 0 saturated carbocycles. The van der Waals surface area contributed by atoms with E-state index in [1.165, 1.54) is 51.4 Å². The molecule has 0 bridgehead atoms. The lowest BCUT2D eigenvalue weighted by Crippen LogP contribution is -2.43. The van der Waals surface area contributed by atoms with E-state index in [2.05, 4.69) is 13.8 Å². The van der Waals surface area contributed by atoms with E-state index in [4.69, 9.17) is 11.6 Å². The van der Waals surface area contributed by atoms with Gasteiger partial charge in [0, 0.05) is 19.5 Å². The number of hydrogen-bond donors (Lipinski definition) is 0. The maximum atomic E-state index is 12.1. The van der Waals surface area contributed by atoms with Gasteiger partial charge in [-0.2, -0.15) is 0 Å². The van der Waals surface area contributed by atoms with Crippen LogP contribution in [-0.2, 0) is 4.79 Å². The number of rotatable bonds is 10. The van der Waals surface area contributed by atoms with Crippen LogP contribution in [0.1, 0.15) is 84.5 Å². The summed E-state index contributed by atoms with van der Waals surface area (Å²) < 4.78 is 0. The number of amides is 1. The third-order valence-corrected chi connectivity index (χ3v) is 5.28. The predicted octanol–water partition coefficient (Wildman–Crippen LogP) is 5.38. The Morgan fingerprint density at radius 1 is 1.05 bits per heavy atom. The number of unbranched alkanes of at least 4 members (excludes halogenated alkanes) is 8. The second kappa shape index (κ2) is 11.3. The number of carbonyl (C=O) groups excluding carboxylic acids is 1. The van der Waals surface area contributed by atoms with Crippen LogP contribution in [0.4, 0.5) is 0 Å². The maximum absolute atomic E-state index is 12.1. The summed E-state index contributed by atoms with van der Waals surface area (Å²) in [5, 5.41) is 0.144. The van der Waals surface area contributed by atoms with E-state index >= 15 is 0 Å². The number of likely N-dealkylation sites (tertiary alicyclic amines) is 1. The molecule has 3 heteroatoms. The maximum Gasteiger partial charge on any atom is 0.222 e. The molecule has 0 aromatic heterocycles. The lowest BCUT2D eigenvalue weighted by Gasteiger charge is -2.34. The number of piperidine rings is 1. The van der Waals surface area contributed by atoms with Gasteiger partial charge in [0.25, 0.3) is 0 Å². The van der Waals surface area contributed by atoms with E-state index < -0.39 is 0 Å². The molecule has 0 spiro atoms. The van der Waals surface area contributed by atoms with Crippen molar-refractivity contribution in [3.8, 4) is 0 Å². The van der Waals surface area contributed by atoms with Gasteiger partial charge in [-0.3, -0.25) is 4.79 Å². The molecule has 0 aromatic rings. The second-order valence-corrected chi connectivity index (χ2v) is 7.26. The zero-order chi connectivity index (χ0) is 15.5. The van der Waals surface area contributed by atoms with Gasteiger partial charge in [0.05, 0.1) is 5.38 Å². The number of nitrogens with zero attached hydrogens (tertiary/aromatic N) is 1. The summed E-state index contributed by atoms with van der Waals surface area (Å²) in [6.45, 7) is 6.09. The van der Waals surface area contributed by atoms with Crippen molar-refractivity contribution in [3.63, 3.8) is 0 Å². The average Bonchev–Trinajstić information content (AvgIpc) is 2.48. The van der Waals surface area contributed by atoms with E-state index in [1.54, 1.807) is 0 Å². The molecule has 1 aliphatic heterocycles. The highest BCUT2D eigenvalue weighted by molar-refractivity contribution is 6.21. The molecule has 2 nitrogen and oxygen atoms in total. The number of hydrogen-bond acceptors (Lipinski definition) is 1. The number of halogens is 1. The van der Waals surface area contributed by atoms with Crippen LogP contribution in [0.3, 0.4) is 0 Å². The molecular weight excluding hydrogens is 282 g/mol. The van der Waals surface area contributed by atoms with Crippen LogP contribution >= 0.6 is 11.6 Å². The van der Waals surface area contributed by atoms with Gasteiger partial charge < -0.3 is 4.90 Å². The predicted molar refractivity (Wildman–Crippen MR) is 91.8 cm³/mol. The van der Waals surface area contributed by atoms with Gasteiger partial charge in [-0.05, 0) is 18.8 Å². The molecule has 0 N–H and O–H groups in total. The van der Waals surface area contributed by atoms with Crippen LogP contribution < -0.4 is 0 Å². The lowest BCUT2D eigenvalue weighted by molar-refractivity contribution is -0.132. The molecule has 124 valence electrons. The molecule has 0 aliphatic carbocycles. The number of carbonyl (C=O) groups is 1. The first-order valence-corrected chi connectivity index (χ1v) is 9.50. The fraction of sp³-hybridized carbons (Fsp3) is 0.944. The summed E-state index contributed by atoms with van der Waals surface area (Å²) in [5.74, 6) is 0.860. The third kappa shape index (κ3) is 8.09. The van der Waals surface area contributed by atoms with E-state index in [9.17, 15) is 4.79 Å². The normalized spacial score (nSPS) is 22.5. The monoisotopic (exact) mass is 315 g/mol. The van der Waals surface area contributed by atoms with Crippen LogP contribution in [0.25, 0.3) is 0 Å². The summed E-state index contributed by atoms with van der Waals surface area (Å²) >= 11 is 6.27. The van der Waals surface area contributed by atoms with E-state index in [0.717, 1.165) is 25.9 Å². The summed E-state index contributed by atoms with van der Waals surface area (Å²) in [4.78, 5) is 14.1. The highest BCUT2D eigenvalue weighted by Crippen LogP contribution is 2.22.